The molecular weight excluding hydrogens is 270 g/mol. The van der Waals surface area contributed by atoms with E-state index >= 15 is 0 Å². The zero-order chi connectivity index (χ0) is 14.7. The van der Waals surface area contributed by atoms with Crippen molar-refractivity contribution in [1.29, 1.82) is 0 Å². The Balaban J connectivity index is 2.12. The summed E-state index contributed by atoms with van der Waals surface area (Å²) in [5.41, 5.74) is 0.318. The van der Waals surface area contributed by atoms with E-state index in [0.717, 1.165) is 0 Å². The second kappa shape index (κ2) is 6.57. The molecule has 0 amide bonds. The molecule has 2 rings (SSSR count). The van der Waals surface area contributed by atoms with Gasteiger partial charge in [0, 0.05) is 7.11 Å². The highest BCUT2D eigenvalue weighted by molar-refractivity contribution is 5.06. The lowest BCUT2D eigenvalue weighted by Gasteiger charge is -2.39. The van der Waals surface area contributed by atoms with Gasteiger partial charge in [0.25, 0.3) is 0 Å². The molecule has 1 aromatic heterocycles. The normalized spacial score (nSPS) is 34.4. The van der Waals surface area contributed by atoms with Crippen LogP contribution in [-0.4, -0.2) is 80.2 Å². The van der Waals surface area contributed by atoms with Crippen molar-refractivity contribution in [2.75, 3.05) is 20.3 Å². The van der Waals surface area contributed by atoms with Crippen molar-refractivity contribution in [2.45, 2.75) is 37.1 Å². The number of hydrogen-bond acceptors (Lipinski definition) is 8. The molecule has 0 aliphatic carbocycles. The maximum Gasteiger partial charge on any atom is 0.132 e. The summed E-state index contributed by atoms with van der Waals surface area (Å²) >= 11 is 0. The van der Waals surface area contributed by atoms with Gasteiger partial charge in [-0.1, -0.05) is 5.21 Å². The van der Waals surface area contributed by atoms with Crippen LogP contribution in [0.5, 0.6) is 0 Å². The largest absolute Gasteiger partial charge is 0.394 e. The first kappa shape index (κ1) is 15.3. The summed E-state index contributed by atoms with van der Waals surface area (Å²) in [6.07, 6.45) is -4.50. The molecule has 1 aliphatic rings. The second-order valence-electron chi connectivity index (χ2n) is 4.65. The zero-order valence-corrected chi connectivity index (χ0v) is 11.0. The molecule has 1 fully saturated rings. The SMILES string of the molecule is COCCn1cc([C@@H]2O[C@H](CO)[C@H](O)[C@H](O)[C@H]2O)nn1. The number of aliphatic hydroxyl groups is 4. The maximum absolute atomic E-state index is 9.94. The van der Waals surface area contributed by atoms with Gasteiger partial charge in [0.15, 0.2) is 0 Å². The Bertz CT molecular complexity index is 426. The lowest BCUT2D eigenvalue weighted by atomic mass is 9.94. The van der Waals surface area contributed by atoms with E-state index in [1.807, 2.05) is 0 Å². The molecule has 20 heavy (non-hydrogen) atoms. The molecule has 0 bridgehead atoms. The third-order valence-electron chi connectivity index (χ3n) is 3.26. The molecule has 1 aromatic rings. The van der Waals surface area contributed by atoms with Crippen molar-refractivity contribution in [2.24, 2.45) is 0 Å². The molecule has 1 saturated heterocycles. The van der Waals surface area contributed by atoms with Crippen LogP contribution in [0.3, 0.4) is 0 Å². The van der Waals surface area contributed by atoms with Gasteiger partial charge in [-0.3, -0.25) is 0 Å². The fraction of sp³-hybridized carbons (Fsp3) is 0.818. The van der Waals surface area contributed by atoms with E-state index < -0.39 is 37.1 Å². The number of hydrogen-bond donors (Lipinski definition) is 4. The van der Waals surface area contributed by atoms with Crippen LogP contribution in [0.1, 0.15) is 11.8 Å². The Morgan fingerprint density at radius 3 is 2.70 bits per heavy atom. The summed E-state index contributed by atoms with van der Waals surface area (Å²) in [5.74, 6) is 0. The van der Waals surface area contributed by atoms with E-state index in [-0.39, 0.29) is 0 Å². The van der Waals surface area contributed by atoms with Crippen LogP contribution >= 0.6 is 0 Å². The highest BCUT2D eigenvalue weighted by atomic mass is 16.5. The van der Waals surface area contributed by atoms with Gasteiger partial charge in [0.2, 0.25) is 0 Å². The predicted octanol–water partition coefficient (Wildman–Crippen LogP) is -2.56. The van der Waals surface area contributed by atoms with Gasteiger partial charge in [-0.25, -0.2) is 4.68 Å². The number of nitrogens with zero attached hydrogens (tertiary/aromatic N) is 3. The minimum atomic E-state index is -1.42. The standard InChI is InChI=1S/C11H19N3O6/c1-19-3-2-14-4-6(12-13-14)11-10(18)9(17)8(16)7(5-15)20-11/h4,7-11,15-18H,2-3,5H2,1H3/t7-,8+,9+,10-,11+/m1/s1. The third kappa shape index (κ3) is 2.97. The van der Waals surface area contributed by atoms with E-state index in [1.165, 1.54) is 4.68 Å². The fourth-order valence-corrected chi connectivity index (χ4v) is 2.08. The van der Waals surface area contributed by atoms with Gasteiger partial charge in [-0.2, -0.15) is 0 Å². The summed E-state index contributed by atoms with van der Waals surface area (Å²) in [4.78, 5) is 0. The Labute approximate surface area is 115 Å². The number of methoxy groups -OCH3 is 1. The molecular formula is C11H19N3O6. The van der Waals surface area contributed by atoms with E-state index in [1.54, 1.807) is 13.3 Å². The van der Waals surface area contributed by atoms with Crippen molar-refractivity contribution < 1.29 is 29.9 Å². The summed E-state index contributed by atoms with van der Waals surface area (Å²) in [7, 11) is 1.56. The van der Waals surface area contributed by atoms with Gasteiger partial charge in [0.1, 0.15) is 36.2 Å². The van der Waals surface area contributed by atoms with Crippen molar-refractivity contribution >= 4 is 0 Å². The molecule has 9 nitrogen and oxygen atoms in total. The van der Waals surface area contributed by atoms with Gasteiger partial charge in [-0.15, -0.1) is 5.10 Å². The third-order valence-corrected chi connectivity index (χ3v) is 3.26. The van der Waals surface area contributed by atoms with Crippen LogP contribution in [0.2, 0.25) is 0 Å². The number of aromatic nitrogens is 3. The Morgan fingerprint density at radius 1 is 1.30 bits per heavy atom. The Hall–Kier alpha value is -1.10. The van der Waals surface area contributed by atoms with Crippen LogP contribution in [0.25, 0.3) is 0 Å². The van der Waals surface area contributed by atoms with Crippen molar-refractivity contribution in [3.05, 3.63) is 11.9 Å². The summed E-state index contributed by atoms with van der Waals surface area (Å²) in [6.45, 7) is 0.470. The van der Waals surface area contributed by atoms with Gasteiger partial charge < -0.3 is 29.9 Å². The first-order valence-corrected chi connectivity index (χ1v) is 6.28. The Kier molecular flexibility index (Phi) is 5.02. The van der Waals surface area contributed by atoms with E-state index in [4.69, 9.17) is 14.6 Å². The molecule has 0 unspecified atom stereocenters. The lowest BCUT2D eigenvalue weighted by Crippen LogP contribution is -2.55. The van der Waals surface area contributed by atoms with Crippen LogP contribution in [0.15, 0.2) is 6.20 Å². The highest BCUT2D eigenvalue weighted by Gasteiger charge is 2.44. The van der Waals surface area contributed by atoms with E-state index in [2.05, 4.69) is 10.3 Å². The molecule has 0 spiro atoms. The molecule has 9 heteroatoms. The molecule has 114 valence electrons. The average molecular weight is 289 g/mol. The molecule has 0 radical (unpaired) electrons. The van der Waals surface area contributed by atoms with Crippen molar-refractivity contribution in [1.82, 2.24) is 15.0 Å². The van der Waals surface area contributed by atoms with E-state index in [9.17, 15) is 15.3 Å². The monoisotopic (exact) mass is 289 g/mol. The first-order valence-electron chi connectivity index (χ1n) is 6.28. The lowest BCUT2D eigenvalue weighted by molar-refractivity contribution is -0.232. The van der Waals surface area contributed by atoms with Gasteiger partial charge in [-0.05, 0) is 0 Å². The number of ether oxygens (including phenoxy) is 2. The minimum Gasteiger partial charge on any atom is -0.394 e. The molecule has 2 heterocycles. The summed E-state index contributed by atoms with van der Waals surface area (Å²) in [5, 5.41) is 46.2. The maximum atomic E-state index is 9.94. The van der Waals surface area contributed by atoms with Crippen LogP contribution < -0.4 is 0 Å². The molecule has 0 saturated carbocycles. The quantitative estimate of drug-likeness (QED) is 0.466. The second-order valence-corrected chi connectivity index (χ2v) is 4.65. The van der Waals surface area contributed by atoms with Crippen molar-refractivity contribution in [3.63, 3.8) is 0 Å². The van der Waals surface area contributed by atoms with Crippen LogP contribution in [0.4, 0.5) is 0 Å². The molecule has 4 N–H and O–H groups in total. The smallest absolute Gasteiger partial charge is 0.132 e. The minimum absolute atomic E-state index is 0.318. The van der Waals surface area contributed by atoms with Crippen LogP contribution in [-0.2, 0) is 16.0 Å². The average Bonchev–Trinajstić information content (AvgIpc) is 2.91. The number of rotatable bonds is 5. The fourth-order valence-electron chi connectivity index (χ4n) is 2.08. The van der Waals surface area contributed by atoms with E-state index in [0.29, 0.717) is 18.8 Å². The number of aliphatic hydroxyl groups excluding tert-OH is 4. The first-order chi connectivity index (χ1) is 9.58. The van der Waals surface area contributed by atoms with Crippen LogP contribution in [0, 0.1) is 0 Å². The highest BCUT2D eigenvalue weighted by Crippen LogP contribution is 2.30. The predicted molar refractivity (Wildman–Crippen MR) is 64.6 cm³/mol. The molecule has 0 aromatic carbocycles. The van der Waals surface area contributed by atoms with Gasteiger partial charge in [0.05, 0.1) is 26.0 Å². The Morgan fingerprint density at radius 2 is 2.05 bits per heavy atom. The molecule has 5 atom stereocenters. The van der Waals surface area contributed by atoms with Gasteiger partial charge >= 0.3 is 0 Å². The van der Waals surface area contributed by atoms with Crippen molar-refractivity contribution in [3.8, 4) is 0 Å². The molecule has 1 aliphatic heterocycles. The zero-order valence-electron chi connectivity index (χ0n) is 11.0. The summed E-state index contributed by atoms with van der Waals surface area (Å²) < 4.78 is 11.8. The summed E-state index contributed by atoms with van der Waals surface area (Å²) in [6, 6.07) is 0. The topological polar surface area (TPSA) is 130 Å².